The maximum atomic E-state index is 12.4. The molecule has 0 saturated heterocycles. The van der Waals surface area contributed by atoms with Gasteiger partial charge in [0.2, 0.25) is 0 Å². The van der Waals surface area contributed by atoms with E-state index in [1.807, 2.05) is 19.9 Å². The van der Waals surface area contributed by atoms with Crippen molar-refractivity contribution < 1.29 is 9.53 Å². The van der Waals surface area contributed by atoms with Gasteiger partial charge in [0.05, 0.1) is 12.7 Å². The van der Waals surface area contributed by atoms with Crippen LogP contribution >= 0.6 is 15.9 Å². The molecule has 0 spiro atoms. The standard InChI is InChI=1S/C16H23BrO2/c1-5-6-7-8-9-14(18)15-12(3)13(17)10-11(2)16(15)19-4/h10H,5-9H2,1-4H3. The number of hydrogen-bond acceptors (Lipinski definition) is 2. The first-order valence-corrected chi connectivity index (χ1v) is 7.69. The number of carbonyl (C=O) groups is 1. The molecular formula is C16H23BrO2. The number of hydrogen-bond donors (Lipinski definition) is 0. The van der Waals surface area contributed by atoms with E-state index in [-0.39, 0.29) is 5.78 Å². The van der Waals surface area contributed by atoms with Gasteiger partial charge in [-0.3, -0.25) is 4.79 Å². The van der Waals surface area contributed by atoms with Gasteiger partial charge in [-0.2, -0.15) is 0 Å². The fourth-order valence-corrected chi connectivity index (χ4v) is 2.83. The van der Waals surface area contributed by atoms with Gasteiger partial charge in [0.1, 0.15) is 5.75 Å². The first kappa shape index (κ1) is 16.2. The summed E-state index contributed by atoms with van der Waals surface area (Å²) in [6, 6.07) is 2.00. The van der Waals surface area contributed by atoms with Crippen molar-refractivity contribution in [3.8, 4) is 5.75 Å². The highest BCUT2D eigenvalue weighted by atomic mass is 79.9. The van der Waals surface area contributed by atoms with Crippen molar-refractivity contribution >= 4 is 21.7 Å². The Bertz CT molecular complexity index is 453. The Balaban J connectivity index is 2.95. The molecule has 0 bridgehead atoms. The van der Waals surface area contributed by atoms with Crippen LogP contribution in [0.25, 0.3) is 0 Å². The summed E-state index contributed by atoms with van der Waals surface area (Å²) in [6.07, 6.45) is 5.07. The van der Waals surface area contributed by atoms with E-state index in [0.29, 0.717) is 6.42 Å². The molecule has 19 heavy (non-hydrogen) atoms. The summed E-state index contributed by atoms with van der Waals surface area (Å²) in [4.78, 5) is 12.4. The van der Waals surface area contributed by atoms with Gasteiger partial charge >= 0.3 is 0 Å². The summed E-state index contributed by atoms with van der Waals surface area (Å²) in [6.45, 7) is 6.11. The van der Waals surface area contributed by atoms with Crippen molar-refractivity contribution in [2.45, 2.75) is 52.9 Å². The molecule has 1 rings (SSSR count). The average molecular weight is 327 g/mol. The topological polar surface area (TPSA) is 26.3 Å². The minimum atomic E-state index is 0.190. The van der Waals surface area contributed by atoms with Crippen LogP contribution in [-0.2, 0) is 0 Å². The quantitative estimate of drug-likeness (QED) is 0.506. The minimum Gasteiger partial charge on any atom is -0.496 e. The molecule has 3 heteroatoms. The summed E-state index contributed by atoms with van der Waals surface area (Å²) in [5, 5.41) is 0. The summed E-state index contributed by atoms with van der Waals surface area (Å²) in [5.74, 6) is 0.913. The number of benzene rings is 1. The van der Waals surface area contributed by atoms with Crippen molar-refractivity contribution in [2.75, 3.05) is 7.11 Å². The number of halogens is 1. The number of ketones is 1. The SMILES string of the molecule is CCCCCCC(=O)c1c(C)c(Br)cc(C)c1OC. The van der Waals surface area contributed by atoms with Gasteiger partial charge in [0, 0.05) is 10.9 Å². The molecule has 0 aliphatic carbocycles. The molecular weight excluding hydrogens is 304 g/mol. The molecule has 0 aliphatic heterocycles. The van der Waals surface area contributed by atoms with Crippen molar-refractivity contribution in [1.29, 1.82) is 0 Å². The number of rotatable bonds is 7. The van der Waals surface area contributed by atoms with E-state index < -0.39 is 0 Å². The lowest BCUT2D eigenvalue weighted by molar-refractivity contribution is 0.0975. The third kappa shape index (κ3) is 4.07. The van der Waals surface area contributed by atoms with Gasteiger partial charge in [0.25, 0.3) is 0 Å². The Morgan fingerprint density at radius 1 is 1.26 bits per heavy atom. The fraction of sp³-hybridized carbons (Fsp3) is 0.562. The van der Waals surface area contributed by atoms with Crippen LogP contribution in [0.1, 0.15) is 60.5 Å². The normalized spacial score (nSPS) is 10.6. The van der Waals surface area contributed by atoms with Crippen LogP contribution in [0.5, 0.6) is 5.75 Å². The first-order chi connectivity index (χ1) is 9.02. The van der Waals surface area contributed by atoms with Gasteiger partial charge in [-0.1, -0.05) is 42.1 Å². The van der Waals surface area contributed by atoms with Gasteiger partial charge in [-0.25, -0.2) is 0 Å². The van der Waals surface area contributed by atoms with E-state index in [9.17, 15) is 4.79 Å². The highest BCUT2D eigenvalue weighted by Crippen LogP contribution is 2.33. The molecule has 1 aromatic rings. The predicted octanol–water partition coefficient (Wildman–Crippen LogP) is 5.23. The second-order valence-corrected chi connectivity index (χ2v) is 5.80. The average Bonchev–Trinajstić information content (AvgIpc) is 2.38. The lowest BCUT2D eigenvalue weighted by atomic mass is 9.96. The Labute approximate surface area is 124 Å². The number of ether oxygens (including phenoxy) is 1. The zero-order valence-electron chi connectivity index (χ0n) is 12.3. The molecule has 0 aliphatic rings. The molecule has 0 amide bonds. The van der Waals surface area contributed by atoms with Gasteiger partial charge < -0.3 is 4.74 Å². The van der Waals surface area contributed by atoms with Crippen molar-refractivity contribution in [3.05, 3.63) is 27.2 Å². The fourth-order valence-electron chi connectivity index (χ4n) is 2.29. The second kappa shape index (κ2) is 7.68. The summed E-state index contributed by atoms with van der Waals surface area (Å²) < 4.78 is 6.39. The zero-order valence-corrected chi connectivity index (χ0v) is 13.9. The Kier molecular flexibility index (Phi) is 6.56. The Hall–Kier alpha value is -0.830. The smallest absolute Gasteiger partial charge is 0.166 e. The summed E-state index contributed by atoms with van der Waals surface area (Å²) in [5.41, 5.74) is 2.71. The Morgan fingerprint density at radius 2 is 1.95 bits per heavy atom. The molecule has 1 aromatic carbocycles. The molecule has 0 unspecified atom stereocenters. The van der Waals surface area contributed by atoms with Crippen molar-refractivity contribution in [3.63, 3.8) is 0 Å². The second-order valence-electron chi connectivity index (χ2n) is 4.94. The lowest BCUT2D eigenvalue weighted by Crippen LogP contribution is -2.07. The van der Waals surface area contributed by atoms with Crippen LogP contribution in [0.15, 0.2) is 10.5 Å². The summed E-state index contributed by atoms with van der Waals surface area (Å²) >= 11 is 3.51. The third-order valence-electron chi connectivity index (χ3n) is 3.40. The predicted molar refractivity (Wildman–Crippen MR) is 83.3 cm³/mol. The highest BCUT2D eigenvalue weighted by molar-refractivity contribution is 9.10. The molecule has 2 nitrogen and oxygen atoms in total. The van der Waals surface area contributed by atoms with Gasteiger partial charge in [-0.05, 0) is 37.5 Å². The molecule has 0 radical (unpaired) electrons. The molecule has 0 heterocycles. The first-order valence-electron chi connectivity index (χ1n) is 6.89. The van der Waals surface area contributed by atoms with Crippen molar-refractivity contribution in [1.82, 2.24) is 0 Å². The van der Waals surface area contributed by atoms with E-state index in [1.165, 1.54) is 12.8 Å². The van der Waals surface area contributed by atoms with E-state index >= 15 is 0 Å². The van der Waals surface area contributed by atoms with Crippen molar-refractivity contribution in [2.24, 2.45) is 0 Å². The van der Waals surface area contributed by atoms with E-state index in [2.05, 4.69) is 22.9 Å². The minimum absolute atomic E-state index is 0.190. The van der Waals surface area contributed by atoms with Crippen LogP contribution in [0.3, 0.4) is 0 Å². The third-order valence-corrected chi connectivity index (χ3v) is 4.23. The zero-order chi connectivity index (χ0) is 14.4. The molecule has 0 fully saturated rings. The summed E-state index contributed by atoms with van der Waals surface area (Å²) in [7, 11) is 1.63. The monoisotopic (exact) mass is 326 g/mol. The molecule has 0 atom stereocenters. The maximum Gasteiger partial charge on any atom is 0.166 e. The maximum absolute atomic E-state index is 12.4. The lowest BCUT2D eigenvalue weighted by Gasteiger charge is -2.15. The van der Waals surface area contributed by atoms with Gasteiger partial charge in [0.15, 0.2) is 5.78 Å². The molecule has 0 saturated carbocycles. The van der Waals surface area contributed by atoms with Crippen LogP contribution in [0.4, 0.5) is 0 Å². The molecule has 106 valence electrons. The van der Waals surface area contributed by atoms with Crippen LogP contribution in [0.2, 0.25) is 0 Å². The number of aryl methyl sites for hydroxylation is 1. The molecule has 0 aromatic heterocycles. The Morgan fingerprint density at radius 3 is 2.53 bits per heavy atom. The molecule has 0 N–H and O–H groups in total. The van der Waals surface area contributed by atoms with E-state index in [0.717, 1.165) is 39.8 Å². The number of Topliss-reactive ketones (excluding diaryl/α,β-unsaturated/α-hetero) is 1. The highest BCUT2D eigenvalue weighted by Gasteiger charge is 2.19. The van der Waals surface area contributed by atoms with Crippen LogP contribution in [-0.4, -0.2) is 12.9 Å². The number of methoxy groups -OCH3 is 1. The largest absolute Gasteiger partial charge is 0.496 e. The number of carbonyl (C=O) groups excluding carboxylic acids is 1. The van der Waals surface area contributed by atoms with Crippen LogP contribution in [0, 0.1) is 13.8 Å². The van der Waals surface area contributed by atoms with E-state index in [4.69, 9.17) is 4.74 Å². The number of unbranched alkanes of at least 4 members (excludes halogenated alkanes) is 3. The van der Waals surface area contributed by atoms with Crippen LogP contribution < -0.4 is 4.74 Å². The van der Waals surface area contributed by atoms with E-state index in [1.54, 1.807) is 7.11 Å². The van der Waals surface area contributed by atoms with Gasteiger partial charge in [-0.15, -0.1) is 0 Å².